The van der Waals surface area contributed by atoms with E-state index in [2.05, 4.69) is 19.2 Å². The molecule has 1 rings (SSSR count). The van der Waals surface area contributed by atoms with E-state index in [0.29, 0.717) is 5.69 Å². The van der Waals surface area contributed by atoms with Crippen molar-refractivity contribution in [2.24, 2.45) is 0 Å². The summed E-state index contributed by atoms with van der Waals surface area (Å²) in [6, 6.07) is 4.25. The summed E-state index contributed by atoms with van der Waals surface area (Å²) in [6.07, 6.45) is 17.4. The van der Waals surface area contributed by atoms with Crippen LogP contribution in [0.1, 0.15) is 124 Å². The Morgan fingerprint density at radius 3 is 1.78 bits per heavy atom. The van der Waals surface area contributed by atoms with Gasteiger partial charge in [0.1, 0.15) is 6.73 Å². The van der Waals surface area contributed by atoms with E-state index in [-0.39, 0.29) is 24.0 Å². The van der Waals surface area contributed by atoms with Crippen LogP contribution in [0.4, 0.5) is 5.69 Å². The van der Waals surface area contributed by atoms with Crippen LogP contribution >= 0.6 is 0 Å². The van der Waals surface area contributed by atoms with E-state index in [9.17, 15) is 14.7 Å². The van der Waals surface area contributed by atoms with Crippen molar-refractivity contribution < 1.29 is 24.5 Å². The second-order valence-corrected chi connectivity index (χ2v) is 8.59. The fourth-order valence-corrected chi connectivity index (χ4v) is 3.88. The molecule has 0 radical (unpaired) electrons. The molecule has 1 aromatic carbocycles. The second kappa shape index (κ2) is 17.5. The standard InChI is InChI=1S/C26H43NO5/c1-3-5-7-9-10-12-14-16-22(15-13-11-8-6-4-2)32-20-27-21-17-18-23(25(28)29)24(19-21)26(30)31/h17-19,22,27H,3-16,20H2,1-2H3,(H,28,29)(H,30,31). The molecule has 3 N–H and O–H groups in total. The molecule has 0 aliphatic carbocycles. The van der Waals surface area contributed by atoms with Gasteiger partial charge in [-0.15, -0.1) is 0 Å². The molecule has 0 fully saturated rings. The predicted octanol–water partition coefficient (Wildman–Crippen LogP) is 7.34. The molecule has 1 unspecified atom stereocenters. The first kappa shape index (κ1) is 28.0. The van der Waals surface area contributed by atoms with Crippen molar-refractivity contribution in [3.8, 4) is 0 Å². The van der Waals surface area contributed by atoms with E-state index in [1.165, 1.54) is 82.8 Å². The molecule has 0 aliphatic rings. The van der Waals surface area contributed by atoms with Gasteiger partial charge >= 0.3 is 11.9 Å². The maximum absolute atomic E-state index is 11.4. The summed E-state index contributed by atoms with van der Waals surface area (Å²) in [5.41, 5.74) is 0.107. The highest BCUT2D eigenvalue weighted by atomic mass is 16.5. The Labute approximate surface area is 193 Å². The Bertz CT molecular complexity index is 662. The van der Waals surface area contributed by atoms with Crippen LogP contribution in [0.2, 0.25) is 0 Å². The fraction of sp³-hybridized carbons (Fsp3) is 0.692. The van der Waals surface area contributed by atoms with E-state index in [1.54, 1.807) is 6.07 Å². The molecule has 0 heterocycles. The number of aromatic carboxylic acids is 2. The summed E-state index contributed by atoms with van der Waals surface area (Å²) in [5, 5.41) is 21.5. The highest BCUT2D eigenvalue weighted by Gasteiger charge is 2.16. The van der Waals surface area contributed by atoms with Gasteiger partial charge in [-0.05, 0) is 31.0 Å². The zero-order valence-corrected chi connectivity index (χ0v) is 20.0. The number of hydrogen-bond donors (Lipinski definition) is 3. The van der Waals surface area contributed by atoms with Crippen molar-refractivity contribution in [3.63, 3.8) is 0 Å². The number of benzene rings is 1. The smallest absolute Gasteiger partial charge is 0.336 e. The molecule has 6 heteroatoms. The van der Waals surface area contributed by atoms with E-state index in [4.69, 9.17) is 9.84 Å². The van der Waals surface area contributed by atoms with Crippen LogP contribution < -0.4 is 5.32 Å². The molecule has 0 amide bonds. The van der Waals surface area contributed by atoms with Gasteiger partial charge in [0.05, 0.1) is 17.2 Å². The maximum atomic E-state index is 11.4. The zero-order valence-electron chi connectivity index (χ0n) is 20.0. The van der Waals surface area contributed by atoms with Crippen LogP contribution in [0.5, 0.6) is 0 Å². The molecule has 32 heavy (non-hydrogen) atoms. The first-order valence-corrected chi connectivity index (χ1v) is 12.5. The zero-order chi connectivity index (χ0) is 23.6. The fourth-order valence-electron chi connectivity index (χ4n) is 3.88. The van der Waals surface area contributed by atoms with Crippen LogP contribution in [-0.2, 0) is 4.74 Å². The third-order valence-corrected chi connectivity index (χ3v) is 5.84. The number of nitrogens with one attached hydrogen (secondary N) is 1. The molecular weight excluding hydrogens is 406 g/mol. The van der Waals surface area contributed by atoms with Gasteiger partial charge in [0.25, 0.3) is 0 Å². The molecule has 0 aromatic heterocycles. The minimum Gasteiger partial charge on any atom is -0.478 e. The number of carboxylic acids is 2. The van der Waals surface area contributed by atoms with Gasteiger partial charge in [-0.1, -0.05) is 90.9 Å². The van der Waals surface area contributed by atoms with E-state index < -0.39 is 11.9 Å². The molecular formula is C26H43NO5. The summed E-state index contributed by atoms with van der Waals surface area (Å²) >= 11 is 0. The Balaban J connectivity index is 2.50. The van der Waals surface area contributed by atoms with Gasteiger partial charge in [0.2, 0.25) is 0 Å². The lowest BCUT2D eigenvalue weighted by Gasteiger charge is -2.19. The SMILES string of the molecule is CCCCCCCCCC(CCCCCCC)OCNc1ccc(C(=O)O)c(C(=O)O)c1. The minimum atomic E-state index is -1.25. The number of hydrogen-bond acceptors (Lipinski definition) is 4. The lowest BCUT2D eigenvalue weighted by Crippen LogP contribution is -2.18. The highest BCUT2D eigenvalue weighted by Crippen LogP contribution is 2.19. The van der Waals surface area contributed by atoms with Crippen LogP contribution in [0.3, 0.4) is 0 Å². The molecule has 0 saturated heterocycles. The first-order valence-electron chi connectivity index (χ1n) is 12.5. The topological polar surface area (TPSA) is 95.9 Å². The van der Waals surface area contributed by atoms with Gasteiger partial charge in [-0.3, -0.25) is 0 Å². The highest BCUT2D eigenvalue weighted by molar-refractivity contribution is 6.02. The monoisotopic (exact) mass is 449 g/mol. The van der Waals surface area contributed by atoms with E-state index >= 15 is 0 Å². The van der Waals surface area contributed by atoms with Crippen molar-refractivity contribution in [1.29, 1.82) is 0 Å². The van der Waals surface area contributed by atoms with Crippen LogP contribution in [0.15, 0.2) is 18.2 Å². The van der Waals surface area contributed by atoms with Crippen LogP contribution in [-0.4, -0.2) is 35.0 Å². The quantitative estimate of drug-likeness (QED) is 0.142. The molecule has 0 aliphatic heterocycles. The van der Waals surface area contributed by atoms with Crippen molar-refractivity contribution in [3.05, 3.63) is 29.3 Å². The van der Waals surface area contributed by atoms with Crippen molar-refractivity contribution >= 4 is 17.6 Å². The van der Waals surface area contributed by atoms with Gasteiger partial charge in [0.15, 0.2) is 0 Å². The number of unbranched alkanes of at least 4 members (excludes halogenated alkanes) is 10. The van der Waals surface area contributed by atoms with Gasteiger partial charge in [-0.2, -0.15) is 0 Å². The number of ether oxygens (including phenoxy) is 1. The largest absolute Gasteiger partial charge is 0.478 e. The third kappa shape index (κ3) is 12.1. The average Bonchev–Trinajstić information content (AvgIpc) is 2.77. The molecule has 0 bridgehead atoms. The number of carbonyl (C=O) groups is 2. The Morgan fingerprint density at radius 1 is 0.781 bits per heavy atom. The number of rotatable bonds is 20. The lowest BCUT2D eigenvalue weighted by atomic mass is 10.0. The first-order chi connectivity index (χ1) is 15.5. The lowest BCUT2D eigenvalue weighted by molar-refractivity contribution is 0.0503. The second-order valence-electron chi connectivity index (χ2n) is 8.59. The third-order valence-electron chi connectivity index (χ3n) is 5.84. The Kier molecular flexibility index (Phi) is 15.3. The number of carboxylic acid groups (broad SMARTS) is 2. The molecule has 6 nitrogen and oxygen atoms in total. The Morgan fingerprint density at radius 2 is 1.28 bits per heavy atom. The van der Waals surface area contributed by atoms with Gasteiger partial charge in [-0.25, -0.2) is 9.59 Å². The Hall–Kier alpha value is -2.08. The van der Waals surface area contributed by atoms with Gasteiger partial charge in [0, 0.05) is 5.69 Å². The van der Waals surface area contributed by atoms with Crippen LogP contribution in [0, 0.1) is 0 Å². The molecule has 0 saturated carbocycles. The predicted molar refractivity (Wildman–Crippen MR) is 130 cm³/mol. The summed E-state index contributed by atoms with van der Waals surface area (Å²) < 4.78 is 6.10. The van der Waals surface area contributed by atoms with Crippen molar-refractivity contribution in [1.82, 2.24) is 0 Å². The molecule has 1 atom stereocenters. The normalized spacial score (nSPS) is 11.9. The van der Waals surface area contributed by atoms with Crippen molar-refractivity contribution in [2.75, 3.05) is 12.0 Å². The summed E-state index contributed by atoms with van der Waals surface area (Å²) in [7, 11) is 0. The van der Waals surface area contributed by atoms with Crippen LogP contribution in [0.25, 0.3) is 0 Å². The van der Waals surface area contributed by atoms with E-state index in [0.717, 1.165) is 19.3 Å². The van der Waals surface area contributed by atoms with Crippen molar-refractivity contribution in [2.45, 2.75) is 110 Å². The van der Waals surface area contributed by atoms with Gasteiger partial charge < -0.3 is 20.3 Å². The van der Waals surface area contributed by atoms with E-state index in [1.807, 2.05) is 0 Å². The number of anilines is 1. The molecule has 182 valence electrons. The maximum Gasteiger partial charge on any atom is 0.336 e. The molecule has 0 spiro atoms. The summed E-state index contributed by atoms with van der Waals surface area (Å²) in [4.78, 5) is 22.6. The minimum absolute atomic E-state index is 0.192. The molecule has 1 aromatic rings. The summed E-state index contributed by atoms with van der Waals surface area (Å²) in [6.45, 7) is 4.73. The summed E-state index contributed by atoms with van der Waals surface area (Å²) in [5.74, 6) is -2.50. The average molecular weight is 450 g/mol.